The van der Waals surface area contributed by atoms with Crippen molar-refractivity contribution in [3.63, 3.8) is 0 Å². The number of nitrogens with two attached hydrogens (primary N) is 1. The zero-order valence-corrected chi connectivity index (χ0v) is 9.46. The number of rotatable bonds is 2. The van der Waals surface area contributed by atoms with Crippen LogP contribution in [0, 0.1) is 6.92 Å². The van der Waals surface area contributed by atoms with E-state index in [9.17, 15) is 0 Å². The van der Waals surface area contributed by atoms with Crippen molar-refractivity contribution in [3.8, 4) is 0 Å². The Balaban J connectivity index is 2.45. The lowest BCUT2D eigenvalue weighted by atomic mass is 9.81. The first kappa shape index (κ1) is 9.71. The van der Waals surface area contributed by atoms with E-state index in [1.165, 1.54) is 24.1 Å². The van der Waals surface area contributed by atoms with E-state index >= 15 is 0 Å². The predicted octanol–water partition coefficient (Wildman–Crippen LogP) is 1.50. The lowest BCUT2D eigenvalue weighted by Crippen LogP contribution is -2.45. The zero-order valence-electron chi connectivity index (χ0n) is 9.46. The summed E-state index contributed by atoms with van der Waals surface area (Å²) in [5.41, 5.74) is 8.68. The highest BCUT2D eigenvalue weighted by molar-refractivity contribution is 5.35. The van der Waals surface area contributed by atoms with Gasteiger partial charge in [-0.25, -0.2) is 0 Å². The molecule has 0 amide bonds. The minimum absolute atomic E-state index is 0.137. The summed E-state index contributed by atoms with van der Waals surface area (Å²) in [5, 5.41) is 4.55. The molecule has 1 heterocycles. The molecule has 3 nitrogen and oxygen atoms in total. The summed E-state index contributed by atoms with van der Waals surface area (Å²) in [7, 11) is 1.97. The molecule has 14 heavy (non-hydrogen) atoms. The Morgan fingerprint density at radius 3 is 2.36 bits per heavy atom. The highest BCUT2D eigenvalue weighted by atomic mass is 15.3. The topological polar surface area (TPSA) is 43.8 Å². The van der Waals surface area contributed by atoms with Gasteiger partial charge in [-0.2, -0.15) is 5.10 Å². The van der Waals surface area contributed by atoms with Gasteiger partial charge in [0.2, 0.25) is 0 Å². The molecule has 1 aromatic rings. The summed E-state index contributed by atoms with van der Waals surface area (Å²) < 4.78 is 1.89. The van der Waals surface area contributed by atoms with Gasteiger partial charge >= 0.3 is 0 Å². The third-order valence-electron chi connectivity index (χ3n) is 3.45. The monoisotopic (exact) mass is 193 g/mol. The van der Waals surface area contributed by atoms with Crippen LogP contribution in [0.1, 0.15) is 37.9 Å². The van der Waals surface area contributed by atoms with E-state index in [1.807, 2.05) is 11.7 Å². The maximum atomic E-state index is 6.24. The average Bonchev–Trinajstić information content (AvgIpc) is 2.73. The molecule has 0 saturated heterocycles. The lowest BCUT2D eigenvalue weighted by molar-refractivity contribution is 0.380. The Kier molecular flexibility index (Phi) is 1.80. The molecule has 0 spiro atoms. The van der Waals surface area contributed by atoms with Gasteiger partial charge in [0, 0.05) is 24.2 Å². The largest absolute Gasteiger partial charge is 0.325 e. The predicted molar refractivity (Wildman–Crippen MR) is 57.1 cm³/mol. The summed E-state index contributed by atoms with van der Waals surface area (Å²) in [6.45, 7) is 6.33. The minimum atomic E-state index is -0.161. The third-order valence-corrected chi connectivity index (χ3v) is 3.45. The Morgan fingerprint density at radius 2 is 2.07 bits per heavy atom. The van der Waals surface area contributed by atoms with E-state index in [0.717, 1.165) is 0 Å². The Bertz CT molecular complexity index is 353. The number of aryl methyl sites for hydroxylation is 2. The van der Waals surface area contributed by atoms with Crippen molar-refractivity contribution in [2.45, 2.75) is 44.6 Å². The van der Waals surface area contributed by atoms with E-state index in [4.69, 9.17) is 5.73 Å². The zero-order chi connectivity index (χ0) is 10.6. The van der Waals surface area contributed by atoms with Crippen molar-refractivity contribution in [1.82, 2.24) is 9.78 Å². The Labute approximate surface area is 85.3 Å². The van der Waals surface area contributed by atoms with Crippen molar-refractivity contribution in [2.75, 3.05) is 0 Å². The van der Waals surface area contributed by atoms with Gasteiger partial charge in [-0.05, 0) is 39.2 Å². The molecule has 0 atom stereocenters. The van der Waals surface area contributed by atoms with Crippen molar-refractivity contribution < 1.29 is 0 Å². The summed E-state index contributed by atoms with van der Waals surface area (Å²) in [6, 6.07) is 0. The maximum Gasteiger partial charge on any atom is 0.0733 e. The Morgan fingerprint density at radius 1 is 1.50 bits per heavy atom. The summed E-state index contributed by atoms with van der Waals surface area (Å²) >= 11 is 0. The minimum Gasteiger partial charge on any atom is -0.325 e. The molecule has 1 fully saturated rings. The molecule has 0 unspecified atom stereocenters. The van der Waals surface area contributed by atoms with E-state index < -0.39 is 0 Å². The van der Waals surface area contributed by atoms with E-state index in [0.29, 0.717) is 0 Å². The standard InChI is InChI=1S/C11H19N3/c1-8-7-14(4)13-9(8)11(5-6-11)10(2,3)12/h7H,5-6,12H2,1-4H3. The maximum absolute atomic E-state index is 6.24. The van der Waals surface area contributed by atoms with Crippen LogP contribution in [0.4, 0.5) is 0 Å². The van der Waals surface area contributed by atoms with Gasteiger partial charge in [-0.1, -0.05) is 0 Å². The van der Waals surface area contributed by atoms with Crippen molar-refractivity contribution >= 4 is 0 Å². The van der Waals surface area contributed by atoms with Crippen molar-refractivity contribution in [1.29, 1.82) is 0 Å². The van der Waals surface area contributed by atoms with Crippen LogP contribution in [-0.2, 0) is 12.5 Å². The fourth-order valence-corrected chi connectivity index (χ4v) is 2.39. The fraction of sp³-hybridized carbons (Fsp3) is 0.727. The van der Waals surface area contributed by atoms with Crippen LogP contribution in [0.5, 0.6) is 0 Å². The van der Waals surface area contributed by atoms with Crippen LogP contribution >= 0.6 is 0 Å². The molecule has 0 radical (unpaired) electrons. The van der Waals surface area contributed by atoms with Crippen molar-refractivity contribution in [3.05, 3.63) is 17.5 Å². The van der Waals surface area contributed by atoms with Gasteiger partial charge in [0.1, 0.15) is 0 Å². The van der Waals surface area contributed by atoms with E-state index in [-0.39, 0.29) is 11.0 Å². The second-order valence-electron chi connectivity index (χ2n) is 5.14. The second kappa shape index (κ2) is 2.60. The van der Waals surface area contributed by atoms with Crippen LogP contribution in [0.25, 0.3) is 0 Å². The molecule has 0 aromatic carbocycles. The van der Waals surface area contributed by atoms with Gasteiger partial charge in [-0.15, -0.1) is 0 Å². The molecule has 1 aliphatic rings. The normalized spacial score (nSPS) is 19.8. The van der Waals surface area contributed by atoms with Gasteiger partial charge in [0.05, 0.1) is 5.69 Å². The van der Waals surface area contributed by atoms with Gasteiger partial charge < -0.3 is 5.73 Å². The highest BCUT2D eigenvalue weighted by Crippen LogP contribution is 2.54. The molecule has 1 saturated carbocycles. The smallest absolute Gasteiger partial charge is 0.0733 e. The lowest BCUT2D eigenvalue weighted by Gasteiger charge is -2.29. The highest BCUT2D eigenvalue weighted by Gasteiger charge is 2.56. The molecule has 78 valence electrons. The number of hydrogen-bond donors (Lipinski definition) is 1. The summed E-state index contributed by atoms with van der Waals surface area (Å²) in [4.78, 5) is 0. The third kappa shape index (κ3) is 1.19. The first-order chi connectivity index (χ1) is 6.37. The molecular weight excluding hydrogens is 174 g/mol. The number of hydrogen-bond acceptors (Lipinski definition) is 2. The number of nitrogens with zero attached hydrogens (tertiary/aromatic N) is 2. The van der Waals surface area contributed by atoms with Crippen molar-refractivity contribution in [2.24, 2.45) is 12.8 Å². The quantitative estimate of drug-likeness (QED) is 0.773. The first-order valence-corrected chi connectivity index (χ1v) is 5.16. The fourth-order valence-electron chi connectivity index (χ4n) is 2.39. The van der Waals surface area contributed by atoms with Gasteiger partial charge in [0.15, 0.2) is 0 Å². The Hall–Kier alpha value is -0.830. The molecule has 1 aromatic heterocycles. The van der Waals surface area contributed by atoms with Crippen LogP contribution < -0.4 is 5.73 Å². The van der Waals surface area contributed by atoms with Crippen LogP contribution in [0.3, 0.4) is 0 Å². The molecule has 3 heteroatoms. The average molecular weight is 193 g/mol. The summed E-state index contributed by atoms with van der Waals surface area (Å²) in [6.07, 6.45) is 4.42. The number of aromatic nitrogens is 2. The first-order valence-electron chi connectivity index (χ1n) is 5.16. The molecular formula is C11H19N3. The van der Waals surface area contributed by atoms with Crippen LogP contribution in [0.15, 0.2) is 6.20 Å². The molecule has 0 aliphatic heterocycles. The van der Waals surface area contributed by atoms with E-state index in [2.05, 4.69) is 32.1 Å². The van der Waals surface area contributed by atoms with Crippen LogP contribution in [0.2, 0.25) is 0 Å². The van der Waals surface area contributed by atoms with E-state index in [1.54, 1.807) is 0 Å². The molecule has 2 N–H and O–H groups in total. The van der Waals surface area contributed by atoms with Gasteiger partial charge in [-0.3, -0.25) is 4.68 Å². The van der Waals surface area contributed by atoms with Crippen LogP contribution in [-0.4, -0.2) is 15.3 Å². The molecule has 2 rings (SSSR count). The van der Waals surface area contributed by atoms with Gasteiger partial charge in [0.25, 0.3) is 0 Å². The summed E-state index contributed by atoms with van der Waals surface area (Å²) in [5.74, 6) is 0. The molecule has 1 aliphatic carbocycles. The second-order valence-corrected chi connectivity index (χ2v) is 5.14. The SMILES string of the molecule is Cc1cn(C)nc1C1(C(C)(C)N)CC1. The molecule has 0 bridgehead atoms.